The van der Waals surface area contributed by atoms with Gasteiger partial charge in [0.25, 0.3) is 0 Å². The van der Waals surface area contributed by atoms with Gasteiger partial charge in [-0.25, -0.2) is 0 Å². The van der Waals surface area contributed by atoms with Gasteiger partial charge in [-0.3, -0.25) is 9.59 Å². The number of phenolic OH excluding ortho intramolecular Hbond substituents is 2. The number of aromatic hydroxyl groups is 2. The maximum absolute atomic E-state index is 13.2. The second-order valence-electron chi connectivity index (χ2n) is 7.22. The molecule has 2 aliphatic carbocycles. The van der Waals surface area contributed by atoms with E-state index < -0.39 is 64.0 Å². The minimum absolute atomic E-state index is 0.0572. The van der Waals surface area contributed by atoms with Gasteiger partial charge in [-0.05, 0) is 6.92 Å². The SMILES string of the molecule is C[C@]1(O)CC2=C(C(=O)c3c(O)c(SCCO)c(SCCO)c(O)c3C2=O)[C@H](O)[C@H]1O. The van der Waals surface area contributed by atoms with E-state index in [1.54, 1.807) is 0 Å². The van der Waals surface area contributed by atoms with Gasteiger partial charge < -0.3 is 35.7 Å². The molecule has 0 saturated carbocycles. The smallest absolute Gasteiger partial charge is 0.196 e. The fourth-order valence-electron chi connectivity index (χ4n) is 3.68. The number of Topliss-reactive ketones (excluding diaryl/α,β-unsaturated/α-hetero) is 2. The average molecular weight is 459 g/mol. The minimum Gasteiger partial charge on any atom is -0.506 e. The lowest BCUT2D eigenvalue weighted by atomic mass is 9.70. The monoisotopic (exact) mass is 458 g/mol. The number of thioether (sulfide) groups is 2. The third-order valence-corrected chi connectivity index (χ3v) is 7.37. The molecule has 0 aromatic heterocycles. The van der Waals surface area contributed by atoms with E-state index in [2.05, 4.69) is 0 Å². The van der Waals surface area contributed by atoms with Crippen molar-refractivity contribution in [1.82, 2.24) is 0 Å². The summed E-state index contributed by atoms with van der Waals surface area (Å²) in [5.74, 6) is -2.67. The lowest BCUT2D eigenvalue weighted by molar-refractivity contribution is -0.111. The van der Waals surface area contributed by atoms with Crippen LogP contribution in [0.15, 0.2) is 20.9 Å². The van der Waals surface area contributed by atoms with Crippen LogP contribution < -0.4 is 0 Å². The van der Waals surface area contributed by atoms with Crippen LogP contribution in [0.4, 0.5) is 0 Å². The number of aliphatic hydroxyl groups is 5. The Hall–Kier alpha value is -1.60. The normalized spacial score (nSPS) is 26.1. The Balaban J connectivity index is 2.26. The Bertz CT molecular complexity index is 939. The predicted molar refractivity (Wildman–Crippen MR) is 108 cm³/mol. The molecule has 3 atom stereocenters. The summed E-state index contributed by atoms with van der Waals surface area (Å²) in [6, 6.07) is 0. The molecule has 0 unspecified atom stereocenters. The van der Waals surface area contributed by atoms with E-state index >= 15 is 0 Å². The van der Waals surface area contributed by atoms with Crippen molar-refractivity contribution >= 4 is 35.1 Å². The fourth-order valence-corrected chi connectivity index (χ4v) is 5.56. The van der Waals surface area contributed by atoms with Crippen molar-refractivity contribution < 1.29 is 45.3 Å². The summed E-state index contributed by atoms with van der Waals surface area (Å²) in [4.78, 5) is 26.5. The maximum Gasteiger partial charge on any atom is 0.196 e. The molecule has 9 nitrogen and oxygen atoms in total. The largest absolute Gasteiger partial charge is 0.506 e. The third-order valence-electron chi connectivity index (χ3n) is 5.10. The van der Waals surface area contributed by atoms with E-state index in [-0.39, 0.29) is 40.1 Å². The van der Waals surface area contributed by atoms with Crippen molar-refractivity contribution in [3.8, 4) is 11.5 Å². The predicted octanol–water partition coefficient (Wildman–Crippen LogP) is -0.181. The van der Waals surface area contributed by atoms with E-state index in [0.717, 1.165) is 23.5 Å². The molecule has 0 fully saturated rings. The van der Waals surface area contributed by atoms with Gasteiger partial charge >= 0.3 is 0 Å². The van der Waals surface area contributed by atoms with Crippen molar-refractivity contribution in [3.05, 3.63) is 22.3 Å². The molecule has 0 spiro atoms. The first-order valence-electron chi connectivity index (χ1n) is 9.08. The van der Waals surface area contributed by atoms with E-state index in [4.69, 9.17) is 10.2 Å². The Morgan fingerprint density at radius 1 is 0.933 bits per heavy atom. The second-order valence-corrected chi connectivity index (χ2v) is 9.43. The molecule has 1 aromatic carbocycles. The molecule has 2 aliphatic rings. The van der Waals surface area contributed by atoms with Gasteiger partial charge in [0.1, 0.15) is 23.7 Å². The Morgan fingerprint density at radius 3 is 1.87 bits per heavy atom. The summed E-state index contributed by atoms with van der Waals surface area (Å²) in [5, 5.41) is 70.9. The summed E-state index contributed by atoms with van der Waals surface area (Å²) >= 11 is 1.91. The molecule has 1 aromatic rings. The molecule has 0 aliphatic heterocycles. The van der Waals surface area contributed by atoms with Gasteiger partial charge in [0.15, 0.2) is 11.6 Å². The number of hydrogen-bond acceptors (Lipinski definition) is 11. The molecule has 0 radical (unpaired) electrons. The third kappa shape index (κ3) is 3.54. The van der Waals surface area contributed by atoms with Crippen LogP contribution in [-0.2, 0) is 0 Å². The van der Waals surface area contributed by atoms with Crippen LogP contribution >= 0.6 is 23.5 Å². The summed E-state index contributed by atoms with van der Waals surface area (Å²) in [6.07, 6.45) is -4.01. The van der Waals surface area contributed by atoms with E-state index in [0.29, 0.717) is 0 Å². The number of phenols is 2. The van der Waals surface area contributed by atoms with Crippen LogP contribution in [0.3, 0.4) is 0 Å². The van der Waals surface area contributed by atoms with Crippen LogP contribution in [0.5, 0.6) is 11.5 Å². The van der Waals surface area contributed by atoms with Gasteiger partial charge in [0.05, 0.1) is 39.7 Å². The van der Waals surface area contributed by atoms with Crippen molar-refractivity contribution in [1.29, 1.82) is 0 Å². The number of carbonyl (C=O) groups is 2. The van der Waals surface area contributed by atoms with Crippen molar-refractivity contribution in [2.24, 2.45) is 0 Å². The Kier molecular flexibility index (Phi) is 6.54. The van der Waals surface area contributed by atoms with Gasteiger partial charge in [0.2, 0.25) is 0 Å². The molecule has 0 saturated heterocycles. The lowest BCUT2D eigenvalue weighted by Crippen LogP contribution is -2.54. The number of benzene rings is 1. The summed E-state index contributed by atoms with van der Waals surface area (Å²) < 4.78 is 0. The lowest BCUT2D eigenvalue weighted by Gasteiger charge is -2.40. The summed E-state index contributed by atoms with van der Waals surface area (Å²) in [6.45, 7) is 0.710. The second kappa shape index (κ2) is 8.50. The standard InChI is InChI=1S/C19H22O9S2/c1-19(28)6-7-8(15(26)18(19)27)12(23)10-9(11(7)22)13(24)16(29-4-2-20)17(14(10)25)30-5-3-21/h15,18,20-21,24-28H,2-6H2,1H3/t15-,18+,19-/m0/s1. The first-order chi connectivity index (χ1) is 14.1. The zero-order valence-electron chi connectivity index (χ0n) is 16.0. The van der Waals surface area contributed by atoms with Crippen LogP contribution in [0.2, 0.25) is 0 Å². The topological polar surface area (TPSA) is 176 Å². The highest BCUT2D eigenvalue weighted by atomic mass is 32.2. The maximum atomic E-state index is 13.2. The quantitative estimate of drug-likeness (QED) is 0.222. The zero-order chi connectivity index (χ0) is 22.4. The highest BCUT2D eigenvalue weighted by Crippen LogP contribution is 2.52. The van der Waals surface area contributed by atoms with Crippen LogP contribution in [0, 0.1) is 0 Å². The van der Waals surface area contributed by atoms with Gasteiger partial charge in [-0.15, -0.1) is 23.5 Å². The number of fused-ring (bicyclic) bond motifs is 1. The number of rotatable bonds is 6. The summed E-state index contributed by atoms with van der Waals surface area (Å²) in [7, 11) is 0. The van der Waals surface area contributed by atoms with E-state index in [1.165, 1.54) is 6.92 Å². The van der Waals surface area contributed by atoms with E-state index in [9.17, 15) is 35.1 Å². The number of hydrogen-bond donors (Lipinski definition) is 7. The highest BCUT2D eigenvalue weighted by molar-refractivity contribution is 8.02. The fraction of sp³-hybridized carbons (Fsp3) is 0.474. The number of aliphatic hydroxyl groups excluding tert-OH is 4. The first-order valence-corrected chi connectivity index (χ1v) is 11.1. The van der Waals surface area contributed by atoms with E-state index in [1.807, 2.05) is 0 Å². The highest BCUT2D eigenvalue weighted by Gasteiger charge is 2.51. The first kappa shape index (κ1) is 23.1. The molecule has 30 heavy (non-hydrogen) atoms. The van der Waals surface area contributed by atoms with Crippen LogP contribution in [-0.4, -0.2) is 89.8 Å². The average Bonchev–Trinajstić information content (AvgIpc) is 2.69. The van der Waals surface area contributed by atoms with Crippen molar-refractivity contribution in [3.63, 3.8) is 0 Å². The molecule has 11 heteroatoms. The summed E-state index contributed by atoms with van der Waals surface area (Å²) in [5.41, 5.74) is -3.49. The molecule has 0 bridgehead atoms. The Morgan fingerprint density at radius 2 is 1.40 bits per heavy atom. The molecule has 7 N–H and O–H groups in total. The number of ketones is 2. The molecule has 0 heterocycles. The molecular weight excluding hydrogens is 436 g/mol. The van der Waals surface area contributed by atoms with Crippen LogP contribution in [0.1, 0.15) is 34.1 Å². The van der Waals surface area contributed by atoms with Crippen molar-refractivity contribution in [2.75, 3.05) is 24.7 Å². The molecular formula is C19H22O9S2. The number of carbonyl (C=O) groups excluding carboxylic acids is 2. The molecule has 3 rings (SSSR count). The van der Waals surface area contributed by atoms with Gasteiger partial charge in [0, 0.05) is 29.1 Å². The van der Waals surface area contributed by atoms with Crippen molar-refractivity contribution in [2.45, 2.75) is 40.9 Å². The zero-order valence-corrected chi connectivity index (χ0v) is 17.6. The van der Waals surface area contributed by atoms with Gasteiger partial charge in [-0.2, -0.15) is 0 Å². The van der Waals surface area contributed by atoms with Gasteiger partial charge in [-0.1, -0.05) is 0 Å². The minimum atomic E-state index is -1.88. The molecule has 0 amide bonds. The Labute approximate surface area is 180 Å². The van der Waals surface area contributed by atoms with Crippen LogP contribution in [0.25, 0.3) is 0 Å². The molecule has 164 valence electrons.